The molecule has 0 unspecified atom stereocenters. The fourth-order valence-corrected chi connectivity index (χ4v) is 3.77. The van der Waals surface area contributed by atoms with E-state index in [1.807, 2.05) is 62.6 Å². The van der Waals surface area contributed by atoms with Crippen molar-refractivity contribution in [1.29, 1.82) is 0 Å². The van der Waals surface area contributed by atoms with Crippen LogP contribution in [0.1, 0.15) is 13.8 Å². The third-order valence-corrected chi connectivity index (χ3v) is 5.13. The Bertz CT molecular complexity index is 778. The van der Waals surface area contributed by atoms with E-state index in [9.17, 15) is 0 Å². The number of anilines is 1. The van der Waals surface area contributed by atoms with Gasteiger partial charge in [-0.3, -0.25) is 4.98 Å². The SMILES string of the molecule is CN(C[C]1[CH][CH][CH][CH]1)CC(C)(C)CNc1ccnc2cc(Cl)ccc12.[CH]1[CH][CH][CH][CH]1.[Fe+2]. The van der Waals surface area contributed by atoms with Crippen LogP contribution in [0.15, 0.2) is 30.5 Å². The van der Waals surface area contributed by atoms with Gasteiger partial charge in [-0.2, -0.15) is 0 Å². The van der Waals surface area contributed by atoms with Gasteiger partial charge in [0, 0.05) is 41.9 Å². The number of rotatable bonds is 7. The minimum absolute atomic E-state index is 0. The van der Waals surface area contributed by atoms with Gasteiger partial charge in [-0.1, -0.05) is 25.4 Å². The van der Waals surface area contributed by atoms with Gasteiger partial charge in [0.15, 0.2) is 0 Å². The Labute approximate surface area is 205 Å². The van der Waals surface area contributed by atoms with E-state index in [0.717, 1.165) is 36.2 Å². The molecule has 0 aliphatic heterocycles. The van der Waals surface area contributed by atoms with Crippen LogP contribution in [0.4, 0.5) is 5.69 Å². The van der Waals surface area contributed by atoms with Gasteiger partial charge < -0.3 is 10.2 Å². The molecule has 2 aliphatic rings. The molecule has 2 aliphatic carbocycles. The number of nitrogens with one attached hydrogen (secondary N) is 1. The number of hydrogen-bond donors (Lipinski definition) is 1. The van der Waals surface area contributed by atoms with Crippen molar-refractivity contribution in [2.45, 2.75) is 13.8 Å². The molecule has 5 heteroatoms. The third-order valence-electron chi connectivity index (χ3n) is 4.90. The Morgan fingerprint density at radius 1 is 0.968 bits per heavy atom. The predicted octanol–water partition coefficient (Wildman–Crippen LogP) is 5.68. The Hall–Kier alpha value is -0.801. The van der Waals surface area contributed by atoms with Gasteiger partial charge in [0.2, 0.25) is 0 Å². The molecule has 162 valence electrons. The van der Waals surface area contributed by atoms with E-state index in [4.69, 9.17) is 11.6 Å². The van der Waals surface area contributed by atoms with E-state index < -0.39 is 0 Å². The predicted molar refractivity (Wildman–Crippen MR) is 128 cm³/mol. The molecule has 0 bridgehead atoms. The zero-order chi connectivity index (χ0) is 21.4. The van der Waals surface area contributed by atoms with Crippen molar-refractivity contribution in [1.82, 2.24) is 9.88 Å². The van der Waals surface area contributed by atoms with Gasteiger partial charge in [0.1, 0.15) is 0 Å². The van der Waals surface area contributed by atoms with Gasteiger partial charge in [0.05, 0.1) is 5.52 Å². The van der Waals surface area contributed by atoms with Gasteiger partial charge >= 0.3 is 17.1 Å². The number of halogens is 1. The summed E-state index contributed by atoms with van der Waals surface area (Å²) in [6, 6.07) is 7.87. The number of benzene rings is 1. The number of aromatic nitrogens is 1. The molecular weight excluding hydrogens is 446 g/mol. The van der Waals surface area contributed by atoms with Crippen LogP contribution >= 0.6 is 11.6 Å². The largest absolute Gasteiger partial charge is 2.00 e. The molecule has 1 N–H and O–H groups in total. The molecule has 2 saturated carbocycles. The van der Waals surface area contributed by atoms with Gasteiger partial charge in [0.25, 0.3) is 0 Å². The van der Waals surface area contributed by atoms with Crippen LogP contribution in [0.2, 0.25) is 5.02 Å². The summed E-state index contributed by atoms with van der Waals surface area (Å²) < 4.78 is 0. The van der Waals surface area contributed by atoms with Gasteiger partial charge in [-0.25, -0.2) is 0 Å². The zero-order valence-corrected chi connectivity index (χ0v) is 20.2. The molecule has 0 saturated heterocycles. The molecule has 0 spiro atoms. The molecule has 0 atom stereocenters. The number of pyridine rings is 1. The van der Waals surface area contributed by atoms with E-state index in [1.165, 1.54) is 5.92 Å². The third kappa shape index (κ3) is 8.92. The average Bonchev–Trinajstić information content (AvgIpc) is 3.42. The van der Waals surface area contributed by atoms with Crippen molar-refractivity contribution in [2.75, 3.05) is 32.0 Å². The van der Waals surface area contributed by atoms with Crippen LogP contribution in [-0.4, -0.2) is 36.6 Å². The van der Waals surface area contributed by atoms with E-state index in [0.29, 0.717) is 5.02 Å². The standard InChI is InChI=1S/C21H25ClN3.C5H5.Fe/c1-21(2,15-25(3)13-16-6-4-5-7-16)14-24-19-10-11-23-20-12-17(22)8-9-18(19)20;1-2-4-5-3-1;/h4-12H,13-15H2,1-3H3,(H,23,24);1-5H;/q;;+2. The number of nitrogens with zero attached hydrogens (tertiary/aromatic N) is 2. The first-order valence-electron chi connectivity index (χ1n) is 10.3. The monoisotopic (exact) mass is 475 g/mol. The summed E-state index contributed by atoms with van der Waals surface area (Å²) in [6.45, 7) is 7.47. The molecule has 4 rings (SSSR count). The quantitative estimate of drug-likeness (QED) is 0.522. The maximum atomic E-state index is 6.07. The Morgan fingerprint density at radius 2 is 1.61 bits per heavy atom. The second kappa shape index (κ2) is 13.0. The second-order valence-electron chi connectivity index (χ2n) is 8.47. The Kier molecular flexibility index (Phi) is 11.1. The van der Waals surface area contributed by atoms with E-state index in [-0.39, 0.29) is 22.5 Å². The maximum absolute atomic E-state index is 6.07. The first kappa shape index (κ1) is 26.5. The average molecular weight is 476 g/mol. The second-order valence-corrected chi connectivity index (χ2v) is 8.90. The summed E-state index contributed by atoms with van der Waals surface area (Å²) in [5.74, 6) is 1.36. The fourth-order valence-electron chi connectivity index (χ4n) is 3.60. The Balaban J connectivity index is 0.000000501. The molecule has 1 aromatic carbocycles. The summed E-state index contributed by atoms with van der Waals surface area (Å²) in [6.07, 6.45) is 20.4. The van der Waals surface area contributed by atoms with Crippen LogP contribution < -0.4 is 5.32 Å². The van der Waals surface area contributed by atoms with Crippen molar-refractivity contribution in [3.63, 3.8) is 0 Å². The Morgan fingerprint density at radius 3 is 2.26 bits per heavy atom. The maximum Gasteiger partial charge on any atom is 2.00 e. The van der Waals surface area contributed by atoms with Gasteiger partial charge in [-0.15, -0.1) is 0 Å². The minimum atomic E-state index is 0. The molecular formula is C26H30ClFeN3+2. The van der Waals surface area contributed by atoms with Crippen LogP contribution in [0.25, 0.3) is 10.9 Å². The van der Waals surface area contributed by atoms with Crippen molar-refractivity contribution in [2.24, 2.45) is 5.41 Å². The molecule has 10 radical (unpaired) electrons. The van der Waals surface area contributed by atoms with Crippen LogP contribution in [-0.2, 0) is 17.1 Å². The van der Waals surface area contributed by atoms with Crippen LogP contribution in [0.5, 0.6) is 0 Å². The van der Waals surface area contributed by atoms with E-state index >= 15 is 0 Å². The fraction of sp³-hybridized carbons (Fsp3) is 0.269. The van der Waals surface area contributed by atoms with Crippen LogP contribution in [0, 0.1) is 69.1 Å². The summed E-state index contributed by atoms with van der Waals surface area (Å²) in [5.41, 5.74) is 2.17. The summed E-state index contributed by atoms with van der Waals surface area (Å²) >= 11 is 6.07. The molecule has 2 fully saturated rings. The first-order chi connectivity index (χ1) is 14.4. The normalized spacial score (nSPS) is 16.8. The zero-order valence-electron chi connectivity index (χ0n) is 18.3. The number of hydrogen-bond acceptors (Lipinski definition) is 3. The van der Waals surface area contributed by atoms with E-state index in [2.05, 4.69) is 61.8 Å². The van der Waals surface area contributed by atoms with Gasteiger partial charge in [-0.05, 0) is 100 Å². The molecule has 1 aromatic heterocycles. The van der Waals surface area contributed by atoms with Crippen molar-refractivity contribution >= 4 is 28.2 Å². The minimum Gasteiger partial charge on any atom is -0.384 e. The van der Waals surface area contributed by atoms with Crippen molar-refractivity contribution < 1.29 is 17.1 Å². The van der Waals surface area contributed by atoms with Crippen molar-refractivity contribution in [3.8, 4) is 0 Å². The first-order valence-corrected chi connectivity index (χ1v) is 10.6. The molecule has 31 heavy (non-hydrogen) atoms. The summed E-state index contributed by atoms with van der Waals surface area (Å²) in [5, 5.41) is 5.42. The smallest absolute Gasteiger partial charge is 0.384 e. The van der Waals surface area contributed by atoms with E-state index in [1.54, 1.807) is 0 Å². The molecule has 3 nitrogen and oxygen atoms in total. The molecule has 2 aromatic rings. The van der Waals surface area contributed by atoms with Crippen LogP contribution in [0.3, 0.4) is 0 Å². The molecule has 1 heterocycles. The van der Waals surface area contributed by atoms with Crippen molar-refractivity contribution in [3.05, 3.63) is 99.2 Å². The summed E-state index contributed by atoms with van der Waals surface area (Å²) in [4.78, 5) is 6.78. The number of fused-ring (bicyclic) bond motifs is 1. The topological polar surface area (TPSA) is 28.2 Å². The molecule has 0 amide bonds. The summed E-state index contributed by atoms with van der Waals surface area (Å²) in [7, 11) is 2.18.